The SMILES string of the molecule is Cc1cc(S(=O)(=O)N2CCCC2/C(N)=N/O)sc1Cl. The van der Waals surface area contributed by atoms with Gasteiger partial charge in [-0.15, -0.1) is 11.3 Å². The van der Waals surface area contributed by atoms with Crippen LogP contribution >= 0.6 is 22.9 Å². The van der Waals surface area contributed by atoms with Crippen LogP contribution in [0.15, 0.2) is 15.4 Å². The Bertz CT molecular complexity index is 592. The molecule has 1 aromatic heterocycles. The van der Waals surface area contributed by atoms with E-state index >= 15 is 0 Å². The lowest BCUT2D eigenvalue weighted by atomic mass is 10.2. The van der Waals surface area contributed by atoms with Crippen LogP contribution in [0.25, 0.3) is 0 Å². The Morgan fingerprint density at radius 1 is 1.68 bits per heavy atom. The largest absolute Gasteiger partial charge is 0.409 e. The van der Waals surface area contributed by atoms with Gasteiger partial charge in [0, 0.05) is 6.54 Å². The number of aryl methyl sites for hydroxylation is 1. The van der Waals surface area contributed by atoms with Crippen LogP contribution in [0.4, 0.5) is 0 Å². The fourth-order valence-corrected chi connectivity index (χ4v) is 5.57. The van der Waals surface area contributed by atoms with Crippen molar-refractivity contribution >= 4 is 38.8 Å². The van der Waals surface area contributed by atoms with Crippen LogP contribution in [0.5, 0.6) is 0 Å². The molecule has 1 saturated heterocycles. The maximum absolute atomic E-state index is 12.5. The normalized spacial score (nSPS) is 22.0. The zero-order valence-electron chi connectivity index (χ0n) is 10.2. The van der Waals surface area contributed by atoms with Crippen molar-refractivity contribution in [1.82, 2.24) is 4.31 Å². The molecular formula is C10H14ClN3O3S2. The summed E-state index contributed by atoms with van der Waals surface area (Å²) < 4.78 is 26.9. The molecule has 2 heterocycles. The van der Waals surface area contributed by atoms with Crippen LogP contribution in [-0.2, 0) is 10.0 Å². The Labute approximate surface area is 120 Å². The second-order valence-electron chi connectivity index (χ2n) is 4.32. The van der Waals surface area contributed by atoms with Crippen molar-refractivity contribution in [3.05, 3.63) is 16.0 Å². The molecule has 1 aromatic rings. The first kappa shape index (κ1) is 14.6. The molecule has 6 nitrogen and oxygen atoms in total. The van der Waals surface area contributed by atoms with Gasteiger partial charge < -0.3 is 10.9 Å². The summed E-state index contributed by atoms with van der Waals surface area (Å²) in [4.78, 5) is 0. The number of amidine groups is 1. The average molecular weight is 324 g/mol. The molecule has 0 spiro atoms. The van der Waals surface area contributed by atoms with Gasteiger partial charge in [0.25, 0.3) is 10.0 Å². The number of sulfonamides is 1. The Hall–Kier alpha value is -0.830. The molecule has 0 bridgehead atoms. The maximum Gasteiger partial charge on any atom is 0.253 e. The summed E-state index contributed by atoms with van der Waals surface area (Å²) in [5.41, 5.74) is 6.28. The zero-order chi connectivity index (χ0) is 14.2. The minimum absolute atomic E-state index is 0.0829. The summed E-state index contributed by atoms with van der Waals surface area (Å²) in [5.74, 6) is -0.0829. The van der Waals surface area contributed by atoms with Crippen LogP contribution in [-0.4, -0.2) is 36.4 Å². The third kappa shape index (κ3) is 2.58. The Morgan fingerprint density at radius 3 is 2.89 bits per heavy atom. The fraction of sp³-hybridized carbons (Fsp3) is 0.500. The van der Waals surface area contributed by atoms with Crippen molar-refractivity contribution < 1.29 is 13.6 Å². The van der Waals surface area contributed by atoms with Crippen molar-refractivity contribution in [3.63, 3.8) is 0 Å². The molecule has 19 heavy (non-hydrogen) atoms. The van der Waals surface area contributed by atoms with Gasteiger partial charge in [-0.3, -0.25) is 0 Å². The summed E-state index contributed by atoms with van der Waals surface area (Å²) in [6, 6.07) is 0.959. The van der Waals surface area contributed by atoms with E-state index in [1.54, 1.807) is 13.0 Å². The first-order valence-corrected chi connectivity index (χ1v) is 8.26. The maximum atomic E-state index is 12.5. The molecule has 9 heteroatoms. The molecule has 106 valence electrons. The van der Waals surface area contributed by atoms with Gasteiger partial charge in [-0.2, -0.15) is 4.31 Å². The van der Waals surface area contributed by atoms with E-state index < -0.39 is 16.1 Å². The van der Waals surface area contributed by atoms with E-state index in [4.69, 9.17) is 22.5 Å². The minimum atomic E-state index is -3.65. The van der Waals surface area contributed by atoms with E-state index in [2.05, 4.69) is 5.16 Å². The van der Waals surface area contributed by atoms with Gasteiger partial charge in [-0.05, 0) is 31.4 Å². The standard InChI is InChI=1S/C10H14ClN3O3S2/c1-6-5-8(18-9(6)11)19(16,17)14-4-2-3-7(14)10(12)13-15/h5,7,15H,2-4H2,1H3,(H2,12,13). The van der Waals surface area contributed by atoms with E-state index in [0.29, 0.717) is 23.7 Å². The summed E-state index contributed by atoms with van der Waals surface area (Å²) in [6.07, 6.45) is 1.23. The van der Waals surface area contributed by atoms with Crippen molar-refractivity contribution in [2.24, 2.45) is 10.9 Å². The molecule has 0 aliphatic carbocycles. The number of hydrogen-bond donors (Lipinski definition) is 2. The van der Waals surface area contributed by atoms with E-state index in [1.165, 1.54) is 4.31 Å². The van der Waals surface area contributed by atoms with Crippen LogP contribution in [0.3, 0.4) is 0 Å². The van der Waals surface area contributed by atoms with Crippen molar-refractivity contribution in [2.45, 2.75) is 30.0 Å². The fourth-order valence-electron chi connectivity index (χ4n) is 2.06. The number of halogens is 1. The number of hydrogen-bond acceptors (Lipinski definition) is 5. The number of thiophene rings is 1. The number of rotatable bonds is 3. The summed E-state index contributed by atoms with van der Waals surface area (Å²) in [5, 5.41) is 11.6. The van der Waals surface area contributed by atoms with Gasteiger partial charge in [0.2, 0.25) is 0 Å². The molecule has 0 amide bonds. The van der Waals surface area contributed by atoms with Crippen LogP contribution in [0.1, 0.15) is 18.4 Å². The van der Waals surface area contributed by atoms with Crippen LogP contribution in [0, 0.1) is 6.92 Å². The third-order valence-corrected chi connectivity index (χ3v) is 6.97. The topological polar surface area (TPSA) is 96.0 Å². The molecule has 0 radical (unpaired) electrons. The van der Waals surface area contributed by atoms with E-state index in [1.807, 2.05) is 0 Å². The highest BCUT2D eigenvalue weighted by Gasteiger charge is 2.38. The smallest absolute Gasteiger partial charge is 0.253 e. The second-order valence-corrected chi connectivity index (χ2v) is 8.09. The van der Waals surface area contributed by atoms with Gasteiger partial charge in [-0.25, -0.2) is 8.42 Å². The minimum Gasteiger partial charge on any atom is -0.409 e. The highest BCUT2D eigenvalue weighted by Crippen LogP contribution is 2.34. The van der Waals surface area contributed by atoms with E-state index in [-0.39, 0.29) is 10.0 Å². The number of nitrogens with two attached hydrogens (primary N) is 1. The molecule has 1 fully saturated rings. The molecule has 2 rings (SSSR count). The predicted octanol–water partition coefficient (Wildman–Crippen LogP) is 1.61. The monoisotopic (exact) mass is 323 g/mol. The lowest BCUT2D eigenvalue weighted by Crippen LogP contribution is -2.43. The highest BCUT2D eigenvalue weighted by molar-refractivity contribution is 7.91. The van der Waals surface area contributed by atoms with Crippen LogP contribution < -0.4 is 5.73 Å². The van der Waals surface area contributed by atoms with Gasteiger partial charge >= 0.3 is 0 Å². The molecular weight excluding hydrogens is 310 g/mol. The van der Waals surface area contributed by atoms with Crippen molar-refractivity contribution in [3.8, 4) is 0 Å². The Morgan fingerprint density at radius 2 is 2.37 bits per heavy atom. The summed E-state index contributed by atoms with van der Waals surface area (Å²) >= 11 is 6.94. The molecule has 1 atom stereocenters. The van der Waals surface area contributed by atoms with Crippen molar-refractivity contribution in [2.75, 3.05) is 6.54 Å². The first-order chi connectivity index (χ1) is 8.87. The van der Waals surface area contributed by atoms with Crippen molar-refractivity contribution in [1.29, 1.82) is 0 Å². The second kappa shape index (κ2) is 5.28. The Kier molecular flexibility index (Phi) is 4.05. The summed E-state index contributed by atoms with van der Waals surface area (Å²) in [6.45, 7) is 2.11. The van der Waals surface area contributed by atoms with Gasteiger partial charge in [0.15, 0.2) is 5.84 Å². The van der Waals surface area contributed by atoms with Gasteiger partial charge in [-0.1, -0.05) is 16.8 Å². The number of oxime groups is 1. The zero-order valence-corrected chi connectivity index (χ0v) is 12.6. The van der Waals surface area contributed by atoms with Gasteiger partial charge in [0.05, 0.1) is 10.4 Å². The highest BCUT2D eigenvalue weighted by atomic mass is 35.5. The number of nitrogens with zero attached hydrogens (tertiary/aromatic N) is 2. The molecule has 1 aliphatic rings. The lowest BCUT2D eigenvalue weighted by Gasteiger charge is -2.21. The van der Waals surface area contributed by atoms with Crippen LogP contribution in [0.2, 0.25) is 4.34 Å². The third-order valence-electron chi connectivity index (χ3n) is 3.06. The first-order valence-electron chi connectivity index (χ1n) is 5.63. The predicted molar refractivity (Wildman–Crippen MR) is 74.4 cm³/mol. The molecule has 1 unspecified atom stereocenters. The van der Waals surface area contributed by atoms with E-state index in [0.717, 1.165) is 16.9 Å². The quantitative estimate of drug-likeness (QED) is 0.382. The summed E-state index contributed by atoms with van der Waals surface area (Å²) in [7, 11) is -3.65. The Balaban J connectivity index is 2.39. The van der Waals surface area contributed by atoms with Gasteiger partial charge in [0.1, 0.15) is 4.21 Å². The van der Waals surface area contributed by atoms with E-state index in [9.17, 15) is 8.42 Å². The average Bonchev–Trinajstić information content (AvgIpc) is 2.97. The lowest BCUT2D eigenvalue weighted by molar-refractivity contribution is 0.311. The molecule has 0 aromatic carbocycles. The molecule has 1 aliphatic heterocycles. The molecule has 0 saturated carbocycles. The molecule has 3 N–H and O–H groups in total.